The van der Waals surface area contributed by atoms with Gasteiger partial charge < -0.3 is 10.5 Å². The van der Waals surface area contributed by atoms with Crippen LogP contribution < -0.4 is 11.2 Å². The van der Waals surface area contributed by atoms with Crippen LogP contribution in [0, 0.1) is 0 Å². The Balaban J connectivity index is 2.50. The fourth-order valence-electron chi connectivity index (χ4n) is 1.73. The second-order valence-electron chi connectivity index (χ2n) is 4.01. The number of ether oxygens (including phenoxy) is 1. The minimum Gasteiger partial charge on any atom is -0.461 e. The van der Waals surface area contributed by atoms with E-state index in [4.69, 9.17) is 10.5 Å². The van der Waals surface area contributed by atoms with Crippen molar-refractivity contribution in [3.05, 3.63) is 29.8 Å². The van der Waals surface area contributed by atoms with Gasteiger partial charge in [0.2, 0.25) is 0 Å². The smallest absolute Gasteiger partial charge is 0.302 e. The van der Waals surface area contributed by atoms with Gasteiger partial charge in [-0.1, -0.05) is 17.6 Å². The van der Waals surface area contributed by atoms with E-state index in [1.165, 1.54) is 6.92 Å². The summed E-state index contributed by atoms with van der Waals surface area (Å²) in [7, 11) is 2.00. The summed E-state index contributed by atoms with van der Waals surface area (Å²) in [5, 5.41) is 0.964. The van der Waals surface area contributed by atoms with E-state index >= 15 is 0 Å². The molecule has 86 valence electrons. The predicted molar refractivity (Wildman–Crippen MR) is 69.8 cm³/mol. The molecule has 1 aromatic heterocycles. The van der Waals surface area contributed by atoms with Crippen LogP contribution in [0.5, 0.6) is 0 Å². The Morgan fingerprint density at radius 1 is 1.47 bits per heavy atom. The number of fused-ring (bicyclic) bond motifs is 1. The van der Waals surface area contributed by atoms with Gasteiger partial charge in [0.25, 0.3) is 0 Å². The van der Waals surface area contributed by atoms with Crippen LogP contribution in [0.15, 0.2) is 24.3 Å². The molecule has 0 aliphatic heterocycles. The Kier molecular flexibility index (Phi) is 3.00. The molecule has 5 heteroatoms. The van der Waals surface area contributed by atoms with E-state index in [-0.39, 0.29) is 12.6 Å². The predicted octanol–water partition coefficient (Wildman–Crippen LogP) is 0.138. The topological polar surface area (TPSA) is 65.2 Å². The van der Waals surface area contributed by atoms with E-state index in [0.29, 0.717) is 5.82 Å². The minimum absolute atomic E-state index is 0.224. The van der Waals surface area contributed by atoms with Crippen molar-refractivity contribution in [3.8, 4) is 0 Å². The van der Waals surface area contributed by atoms with Gasteiger partial charge in [0.15, 0.2) is 0 Å². The molecule has 2 aromatic rings. The van der Waals surface area contributed by atoms with Crippen LogP contribution >= 0.6 is 0 Å². The van der Waals surface area contributed by atoms with Gasteiger partial charge in [-0.3, -0.25) is 4.79 Å². The number of rotatable bonds is 2. The Morgan fingerprint density at radius 2 is 2.24 bits per heavy atom. The highest BCUT2D eigenvalue weighted by Crippen LogP contribution is 2.19. The summed E-state index contributed by atoms with van der Waals surface area (Å²) in [5.41, 5.74) is 8.55. The number of benzene rings is 1. The highest BCUT2D eigenvalue weighted by Gasteiger charge is 2.06. The molecular formula is C12H13BN2O2. The average Bonchev–Trinajstić information content (AvgIpc) is 2.24. The van der Waals surface area contributed by atoms with E-state index in [1.54, 1.807) is 6.07 Å². The molecule has 0 saturated carbocycles. The van der Waals surface area contributed by atoms with Gasteiger partial charge >= 0.3 is 5.97 Å². The Labute approximate surface area is 100 Å². The molecule has 0 bridgehead atoms. The highest BCUT2D eigenvalue weighted by molar-refractivity contribution is 6.33. The number of hydrogen-bond acceptors (Lipinski definition) is 4. The first-order valence-corrected chi connectivity index (χ1v) is 5.35. The first-order valence-electron chi connectivity index (χ1n) is 5.35. The second kappa shape index (κ2) is 4.45. The average molecular weight is 228 g/mol. The van der Waals surface area contributed by atoms with Gasteiger partial charge in [0.1, 0.15) is 20.3 Å². The van der Waals surface area contributed by atoms with E-state index in [9.17, 15) is 4.79 Å². The van der Waals surface area contributed by atoms with E-state index < -0.39 is 0 Å². The molecule has 0 aliphatic rings. The van der Waals surface area contributed by atoms with Crippen LogP contribution in [0.1, 0.15) is 12.5 Å². The van der Waals surface area contributed by atoms with E-state index in [1.807, 2.05) is 26.0 Å². The van der Waals surface area contributed by atoms with E-state index in [0.717, 1.165) is 21.9 Å². The zero-order valence-corrected chi connectivity index (χ0v) is 9.86. The molecule has 0 amide bonds. The van der Waals surface area contributed by atoms with Crippen molar-refractivity contribution in [2.45, 2.75) is 13.5 Å². The zero-order valence-electron chi connectivity index (χ0n) is 9.86. The quantitative estimate of drug-likeness (QED) is 0.586. The van der Waals surface area contributed by atoms with Gasteiger partial charge in [-0.2, -0.15) is 0 Å². The van der Waals surface area contributed by atoms with Gasteiger partial charge in [-0.15, -0.1) is 0 Å². The van der Waals surface area contributed by atoms with Crippen molar-refractivity contribution in [1.29, 1.82) is 0 Å². The van der Waals surface area contributed by atoms with Crippen LogP contribution in [-0.4, -0.2) is 18.8 Å². The Bertz CT molecular complexity index is 579. The van der Waals surface area contributed by atoms with Crippen molar-refractivity contribution in [1.82, 2.24) is 4.98 Å². The molecule has 0 unspecified atom stereocenters. The lowest BCUT2D eigenvalue weighted by Gasteiger charge is -2.08. The van der Waals surface area contributed by atoms with Crippen LogP contribution in [-0.2, 0) is 16.1 Å². The molecule has 0 radical (unpaired) electrons. The van der Waals surface area contributed by atoms with Crippen molar-refractivity contribution >= 4 is 36.0 Å². The molecule has 0 fully saturated rings. The molecule has 0 saturated heterocycles. The third-order valence-corrected chi connectivity index (χ3v) is 2.50. The summed E-state index contributed by atoms with van der Waals surface area (Å²) in [6.07, 6.45) is 0. The maximum absolute atomic E-state index is 10.8. The minimum atomic E-state index is -0.305. The van der Waals surface area contributed by atoms with Gasteiger partial charge in [-0.05, 0) is 12.1 Å². The van der Waals surface area contributed by atoms with Crippen molar-refractivity contribution in [2.24, 2.45) is 0 Å². The first-order chi connectivity index (χ1) is 8.06. The molecule has 1 aromatic carbocycles. The summed E-state index contributed by atoms with van der Waals surface area (Å²) in [5.74, 6) is 0.130. The number of nitrogens with zero attached hydrogens (tertiary/aromatic N) is 1. The molecule has 0 atom stereocenters. The maximum atomic E-state index is 10.8. The summed E-state index contributed by atoms with van der Waals surface area (Å²) in [6.45, 7) is 1.61. The van der Waals surface area contributed by atoms with Crippen LogP contribution in [0.3, 0.4) is 0 Å². The fraction of sp³-hybridized carbons (Fsp3) is 0.167. The van der Waals surface area contributed by atoms with Crippen molar-refractivity contribution in [2.75, 3.05) is 5.73 Å². The normalized spacial score (nSPS) is 10.4. The maximum Gasteiger partial charge on any atom is 0.302 e. The summed E-state index contributed by atoms with van der Waals surface area (Å²) < 4.78 is 5.00. The van der Waals surface area contributed by atoms with Crippen LogP contribution in [0.4, 0.5) is 5.82 Å². The second-order valence-corrected chi connectivity index (χ2v) is 4.01. The molecule has 17 heavy (non-hydrogen) atoms. The van der Waals surface area contributed by atoms with Crippen molar-refractivity contribution < 1.29 is 9.53 Å². The van der Waals surface area contributed by atoms with Gasteiger partial charge in [0.05, 0.1) is 5.52 Å². The molecular weight excluding hydrogens is 215 g/mol. The fourth-order valence-corrected chi connectivity index (χ4v) is 1.73. The number of aromatic nitrogens is 1. The lowest BCUT2D eigenvalue weighted by Crippen LogP contribution is -2.05. The Morgan fingerprint density at radius 3 is 2.94 bits per heavy atom. The lowest BCUT2D eigenvalue weighted by atomic mass is 9.94. The Hall–Kier alpha value is -2.04. The monoisotopic (exact) mass is 228 g/mol. The molecule has 2 N–H and O–H groups in total. The third kappa shape index (κ3) is 2.56. The number of esters is 1. The standard InChI is InChI=1S/C12H13BN2O2/c1-7(16)17-6-8-4-12(14)15-11-5-9(13)2-3-10(8)11/h2-5H,6,13H2,1H3,(H2,14,15). The molecule has 0 aliphatic carbocycles. The van der Waals surface area contributed by atoms with Gasteiger partial charge in [-0.25, -0.2) is 4.98 Å². The lowest BCUT2D eigenvalue weighted by molar-refractivity contribution is -0.142. The largest absolute Gasteiger partial charge is 0.461 e. The van der Waals surface area contributed by atoms with Crippen molar-refractivity contribution in [3.63, 3.8) is 0 Å². The zero-order chi connectivity index (χ0) is 12.4. The van der Waals surface area contributed by atoms with E-state index in [2.05, 4.69) is 4.98 Å². The summed E-state index contributed by atoms with van der Waals surface area (Å²) >= 11 is 0. The first kappa shape index (κ1) is 11.5. The van der Waals surface area contributed by atoms with Crippen LogP contribution in [0.25, 0.3) is 10.9 Å². The highest BCUT2D eigenvalue weighted by atomic mass is 16.5. The SMILES string of the molecule is Bc1ccc2c(COC(C)=O)cc(N)nc2c1. The molecule has 2 rings (SSSR count). The number of pyridine rings is 1. The molecule has 4 nitrogen and oxygen atoms in total. The number of carbonyl (C=O) groups excluding carboxylic acids is 1. The number of anilines is 1. The molecule has 0 spiro atoms. The number of nitrogen functional groups attached to an aromatic ring is 1. The summed E-state index contributed by atoms with van der Waals surface area (Å²) in [6, 6.07) is 7.66. The van der Waals surface area contributed by atoms with Crippen LogP contribution in [0.2, 0.25) is 0 Å². The number of carbonyl (C=O) groups is 1. The van der Waals surface area contributed by atoms with Gasteiger partial charge in [0, 0.05) is 17.9 Å². The summed E-state index contributed by atoms with van der Waals surface area (Å²) in [4.78, 5) is 15.1. The third-order valence-electron chi connectivity index (χ3n) is 2.50. The number of nitrogens with two attached hydrogens (primary N) is 1. The molecule has 1 heterocycles. The number of hydrogen-bond donors (Lipinski definition) is 1.